The molecule has 1 aliphatic heterocycles. The minimum absolute atomic E-state index is 0.183. The Kier molecular flexibility index (Phi) is 4.11. The lowest BCUT2D eigenvalue weighted by atomic mass is 10.3. The monoisotopic (exact) mass is 336 g/mol. The van der Waals surface area contributed by atoms with E-state index in [2.05, 4.69) is 10.1 Å². The van der Waals surface area contributed by atoms with Crippen molar-refractivity contribution in [1.29, 1.82) is 0 Å². The van der Waals surface area contributed by atoms with E-state index in [0.717, 1.165) is 0 Å². The quantitative estimate of drug-likeness (QED) is 0.840. The topological polar surface area (TPSA) is 77.3 Å². The normalized spacial score (nSPS) is 19.2. The summed E-state index contributed by atoms with van der Waals surface area (Å²) >= 11 is 0. The van der Waals surface area contributed by atoms with Crippen molar-refractivity contribution in [3.8, 4) is 5.88 Å². The summed E-state index contributed by atoms with van der Waals surface area (Å²) < 4.78 is 34.6. The molecule has 2 aromatic rings. The van der Waals surface area contributed by atoms with E-state index in [9.17, 15) is 8.42 Å². The summed E-state index contributed by atoms with van der Waals surface area (Å²) in [6.07, 6.45) is 2.12. The standard InChI is InChI=1S/C15H20N4O3S/c1-11-15(12(2)18(3)17-11)23(20,21)19-9-7-13(10-19)22-14-6-4-5-8-16-14/h4-6,8,13H,7,9-10H2,1-3H3/t13-/m0/s1. The Labute approximate surface area is 135 Å². The summed E-state index contributed by atoms with van der Waals surface area (Å²) in [4.78, 5) is 4.42. The van der Waals surface area contributed by atoms with Gasteiger partial charge >= 0.3 is 0 Å². The molecule has 0 bridgehead atoms. The first-order valence-corrected chi connectivity index (χ1v) is 8.91. The van der Waals surface area contributed by atoms with Crippen LogP contribution in [0.4, 0.5) is 0 Å². The van der Waals surface area contributed by atoms with Crippen molar-refractivity contribution in [3.05, 3.63) is 35.8 Å². The van der Waals surface area contributed by atoms with E-state index >= 15 is 0 Å². The molecule has 0 N–H and O–H groups in total. The molecule has 1 aliphatic rings. The zero-order valence-corrected chi connectivity index (χ0v) is 14.2. The van der Waals surface area contributed by atoms with Crippen molar-refractivity contribution >= 4 is 10.0 Å². The molecule has 0 spiro atoms. The number of nitrogens with zero attached hydrogens (tertiary/aromatic N) is 4. The molecule has 2 aromatic heterocycles. The fourth-order valence-electron chi connectivity index (χ4n) is 2.86. The van der Waals surface area contributed by atoms with Crippen LogP contribution in [0.25, 0.3) is 0 Å². The highest BCUT2D eigenvalue weighted by molar-refractivity contribution is 7.89. The van der Waals surface area contributed by atoms with Crippen LogP contribution >= 0.6 is 0 Å². The summed E-state index contributed by atoms with van der Waals surface area (Å²) in [5.41, 5.74) is 1.18. The second-order valence-corrected chi connectivity index (χ2v) is 7.56. The number of ether oxygens (including phenoxy) is 1. The van der Waals surface area contributed by atoms with E-state index in [4.69, 9.17) is 4.74 Å². The van der Waals surface area contributed by atoms with Crippen molar-refractivity contribution in [2.75, 3.05) is 13.1 Å². The molecule has 8 heteroatoms. The Bertz CT molecular complexity index is 802. The van der Waals surface area contributed by atoms with E-state index in [-0.39, 0.29) is 6.10 Å². The minimum Gasteiger partial charge on any atom is -0.473 e. The molecule has 0 amide bonds. The second kappa shape index (κ2) is 5.93. The summed E-state index contributed by atoms with van der Waals surface area (Å²) in [7, 11) is -1.81. The summed E-state index contributed by atoms with van der Waals surface area (Å²) in [5, 5.41) is 4.20. The summed E-state index contributed by atoms with van der Waals surface area (Å²) in [6.45, 7) is 4.25. The smallest absolute Gasteiger partial charge is 0.246 e. The third-order valence-corrected chi connectivity index (χ3v) is 6.19. The van der Waals surface area contributed by atoms with Crippen LogP contribution < -0.4 is 4.74 Å². The predicted octanol–water partition coefficient (Wildman–Crippen LogP) is 1.27. The van der Waals surface area contributed by atoms with Gasteiger partial charge in [-0.1, -0.05) is 6.07 Å². The molecule has 7 nitrogen and oxygen atoms in total. The zero-order chi connectivity index (χ0) is 16.6. The molecule has 1 atom stereocenters. The van der Waals surface area contributed by atoms with Crippen molar-refractivity contribution in [2.24, 2.45) is 7.05 Å². The van der Waals surface area contributed by atoms with Crippen LogP contribution in [0, 0.1) is 13.8 Å². The van der Waals surface area contributed by atoms with Crippen molar-refractivity contribution in [2.45, 2.75) is 31.3 Å². The number of aryl methyl sites for hydroxylation is 2. The van der Waals surface area contributed by atoms with E-state index < -0.39 is 10.0 Å². The Morgan fingerprint density at radius 1 is 1.30 bits per heavy atom. The maximum atomic E-state index is 12.9. The molecule has 23 heavy (non-hydrogen) atoms. The van der Waals surface area contributed by atoms with E-state index in [1.807, 2.05) is 12.1 Å². The maximum Gasteiger partial charge on any atom is 0.246 e. The van der Waals surface area contributed by atoms with Crippen LogP contribution in [0.5, 0.6) is 5.88 Å². The van der Waals surface area contributed by atoms with Crippen molar-refractivity contribution < 1.29 is 13.2 Å². The summed E-state index contributed by atoms with van der Waals surface area (Å²) in [6, 6.07) is 5.42. The van der Waals surface area contributed by atoms with Crippen molar-refractivity contribution in [1.82, 2.24) is 19.1 Å². The third-order valence-electron chi connectivity index (χ3n) is 4.07. The van der Waals surface area contributed by atoms with Gasteiger partial charge in [-0.2, -0.15) is 9.40 Å². The number of aromatic nitrogens is 3. The van der Waals surface area contributed by atoms with Crippen molar-refractivity contribution in [3.63, 3.8) is 0 Å². The number of hydrogen-bond acceptors (Lipinski definition) is 5. The van der Waals surface area contributed by atoms with Gasteiger partial charge in [0.2, 0.25) is 15.9 Å². The Morgan fingerprint density at radius 2 is 2.09 bits per heavy atom. The molecule has 0 unspecified atom stereocenters. The highest BCUT2D eigenvalue weighted by Gasteiger charge is 2.36. The number of sulfonamides is 1. The average Bonchev–Trinajstić information content (AvgIpc) is 3.06. The van der Waals surface area contributed by atoms with Crippen LogP contribution in [0.1, 0.15) is 17.8 Å². The van der Waals surface area contributed by atoms with Gasteiger partial charge in [-0.3, -0.25) is 4.68 Å². The third kappa shape index (κ3) is 2.96. The largest absolute Gasteiger partial charge is 0.473 e. The second-order valence-electron chi connectivity index (χ2n) is 5.68. The first-order valence-electron chi connectivity index (χ1n) is 7.47. The molecule has 0 aliphatic carbocycles. The van der Waals surface area contributed by atoms with Gasteiger partial charge in [0.1, 0.15) is 11.0 Å². The highest BCUT2D eigenvalue weighted by Crippen LogP contribution is 2.27. The summed E-state index contributed by atoms with van der Waals surface area (Å²) in [5.74, 6) is 0.519. The van der Waals surface area contributed by atoms with Crippen LogP contribution in [0.2, 0.25) is 0 Å². The number of rotatable bonds is 4. The van der Waals surface area contributed by atoms with Gasteiger partial charge in [0.05, 0.1) is 17.9 Å². The molecule has 3 heterocycles. The number of hydrogen-bond donors (Lipinski definition) is 0. The Balaban J connectivity index is 1.78. The Hall–Kier alpha value is -1.93. The molecule has 1 fully saturated rings. The fraction of sp³-hybridized carbons (Fsp3) is 0.467. The molecular weight excluding hydrogens is 316 g/mol. The molecule has 3 rings (SSSR count). The molecule has 0 aromatic carbocycles. The Morgan fingerprint density at radius 3 is 2.70 bits per heavy atom. The van der Waals surface area contributed by atoms with Gasteiger partial charge in [-0.05, 0) is 26.3 Å². The number of pyridine rings is 1. The SMILES string of the molecule is Cc1nn(C)c(C)c1S(=O)(=O)N1CC[C@H](Oc2ccccn2)C1. The lowest BCUT2D eigenvalue weighted by Gasteiger charge is -2.17. The molecule has 124 valence electrons. The van der Waals surface area contributed by atoms with Gasteiger partial charge in [-0.25, -0.2) is 13.4 Å². The van der Waals surface area contributed by atoms with E-state index in [1.54, 1.807) is 37.8 Å². The van der Waals surface area contributed by atoms with Crippen LogP contribution in [0.15, 0.2) is 29.3 Å². The van der Waals surface area contributed by atoms with Crippen LogP contribution in [-0.4, -0.2) is 46.7 Å². The first-order chi connectivity index (χ1) is 10.9. The van der Waals surface area contributed by atoms with Crippen LogP contribution in [-0.2, 0) is 17.1 Å². The maximum absolute atomic E-state index is 12.9. The predicted molar refractivity (Wildman–Crippen MR) is 84.7 cm³/mol. The molecule has 0 radical (unpaired) electrons. The fourth-order valence-corrected chi connectivity index (χ4v) is 4.74. The molecule has 0 saturated carbocycles. The van der Waals surface area contributed by atoms with Gasteiger partial charge in [0.15, 0.2) is 0 Å². The lowest BCUT2D eigenvalue weighted by molar-refractivity contribution is 0.207. The average molecular weight is 336 g/mol. The van der Waals surface area contributed by atoms with E-state index in [0.29, 0.717) is 41.7 Å². The molecular formula is C15H20N4O3S. The van der Waals surface area contributed by atoms with Gasteiger partial charge in [0, 0.05) is 25.9 Å². The molecule has 1 saturated heterocycles. The van der Waals surface area contributed by atoms with E-state index in [1.165, 1.54) is 4.31 Å². The van der Waals surface area contributed by atoms with Crippen LogP contribution in [0.3, 0.4) is 0 Å². The van der Waals surface area contributed by atoms with Gasteiger partial charge in [0.25, 0.3) is 0 Å². The zero-order valence-electron chi connectivity index (χ0n) is 13.4. The lowest BCUT2D eigenvalue weighted by Crippen LogP contribution is -2.31. The van der Waals surface area contributed by atoms with Gasteiger partial charge in [-0.15, -0.1) is 0 Å². The minimum atomic E-state index is -3.55. The highest BCUT2D eigenvalue weighted by atomic mass is 32.2. The van der Waals surface area contributed by atoms with Gasteiger partial charge < -0.3 is 4.74 Å². The first kappa shape index (κ1) is 15.9.